The van der Waals surface area contributed by atoms with Gasteiger partial charge in [0.15, 0.2) is 4.80 Å². The molecule has 3 heterocycles. The molecule has 3 aromatic rings. The molecule has 1 saturated heterocycles. The summed E-state index contributed by atoms with van der Waals surface area (Å²) in [6, 6.07) is 8.97. The first-order valence-corrected chi connectivity index (χ1v) is 14.6. The molecule has 0 spiro atoms. The van der Waals surface area contributed by atoms with E-state index in [9.17, 15) is 19.7 Å². The number of nitrogens with zero attached hydrogens (tertiary/aromatic N) is 5. The standard InChI is InChI=1S/C30H33N5O7S/c1-6-42-29(37)26-18(2)31-30-34(27(26)22-17-21(40-4)8-10-24(22)41-5)28(36)25(43-30)16-19-15-20(35(38)39)7-9-23(19)33-13-11-32(3)12-14-33/h7-10,15-17,27H,6,11-14H2,1-5H3. The highest BCUT2D eigenvalue weighted by Gasteiger charge is 2.35. The molecule has 5 rings (SSSR count). The molecule has 0 amide bonds. The first-order valence-electron chi connectivity index (χ1n) is 13.8. The van der Waals surface area contributed by atoms with Crippen LogP contribution in [0.5, 0.6) is 11.5 Å². The molecule has 2 aromatic carbocycles. The molecular formula is C30H33N5O7S. The third-order valence-corrected chi connectivity index (χ3v) is 8.58. The lowest BCUT2D eigenvalue weighted by molar-refractivity contribution is -0.384. The van der Waals surface area contributed by atoms with Gasteiger partial charge in [-0.25, -0.2) is 9.79 Å². The van der Waals surface area contributed by atoms with Gasteiger partial charge in [0.05, 0.1) is 41.6 Å². The van der Waals surface area contributed by atoms with Crippen LogP contribution < -0.4 is 29.3 Å². The SMILES string of the molecule is CCOC(=O)C1=C(C)N=c2sc(=Cc3cc([N+](=O)[O-])ccc3N3CCN(C)CC3)c(=O)n2C1c1cc(OC)ccc1OC. The van der Waals surface area contributed by atoms with Crippen LogP contribution in [-0.2, 0) is 9.53 Å². The van der Waals surface area contributed by atoms with Crippen molar-refractivity contribution in [1.82, 2.24) is 9.47 Å². The van der Waals surface area contributed by atoms with E-state index in [0.29, 0.717) is 37.7 Å². The Kier molecular flexibility index (Phi) is 8.64. The summed E-state index contributed by atoms with van der Waals surface area (Å²) in [6.07, 6.45) is 1.67. The maximum absolute atomic E-state index is 14.2. The summed E-state index contributed by atoms with van der Waals surface area (Å²) in [6.45, 7) is 6.73. The van der Waals surface area contributed by atoms with Gasteiger partial charge in [-0.3, -0.25) is 19.5 Å². The van der Waals surface area contributed by atoms with Gasteiger partial charge >= 0.3 is 5.97 Å². The van der Waals surface area contributed by atoms with Crippen LogP contribution in [0.3, 0.4) is 0 Å². The average molecular weight is 608 g/mol. The molecule has 0 saturated carbocycles. The zero-order valence-corrected chi connectivity index (χ0v) is 25.5. The predicted octanol–water partition coefficient (Wildman–Crippen LogP) is 2.48. The number of esters is 1. The van der Waals surface area contributed by atoms with Crippen LogP contribution in [0.25, 0.3) is 6.08 Å². The Morgan fingerprint density at radius 3 is 2.53 bits per heavy atom. The molecule has 13 heteroatoms. The number of piperazine rings is 1. The maximum atomic E-state index is 14.2. The fourth-order valence-electron chi connectivity index (χ4n) is 5.39. The summed E-state index contributed by atoms with van der Waals surface area (Å²) in [4.78, 5) is 48.2. The number of methoxy groups -OCH3 is 2. The highest BCUT2D eigenvalue weighted by atomic mass is 32.1. The zero-order chi connectivity index (χ0) is 30.8. The first kappa shape index (κ1) is 30.0. The van der Waals surface area contributed by atoms with Crippen molar-refractivity contribution in [2.24, 2.45) is 4.99 Å². The Balaban J connectivity index is 1.74. The lowest BCUT2D eigenvalue weighted by Crippen LogP contribution is -2.44. The number of non-ortho nitro benzene ring substituents is 1. The number of aromatic nitrogens is 1. The minimum absolute atomic E-state index is 0.0728. The fourth-order valence-corrected chi connectivity index (χ4v) is 6.42. The van der Waals surface area contributed by atoms with Crippen LogP contribution in [0, 0.1) is 10.1 Å². The van der Waals surface area contributed by atoms with E-state index in [1.54, 1.807) is 44.2 Å². The van der Waals surface area contributed by atoms with Crippen molar-refractivity contribution in [2.75, 3.05) is 59.0 Å². The molecule has 1 unspecified atom stereocenters. The molecule has 0 radical (unpaired) electrons. The molecule has 0 aliphatic carbocycles. The molecule has 2 aliphatic heterocycles. The van der Waals surface area contributed by atoms with Gasteiger partial charge in [-0.2, -0.15) is 0 Å². The highest BCUT2D eigenvalue weighted by molar-refractivity contribution is 7.07. The van der Waals surface area contributed by atoms with Gasteiger partial charge in [0, 0.05) is 55.1 Å². The normalized spacial score (nSPS) is 17.4. The summed E-state index contributed by atoms with van der Waals surface area (Å²) in [5.74, 6) is 0.376. The van der Waals surface area contributed by atoms with Gasteiger partial charge in [-0.05, 0) is 51.2 Å². The van der Waals surface area contributed by atoms with Crippen LogP contribution in [0.4, 0.5) is 11.4 Å². The Morgan fingerprint density at radius 1 is 1.14 bits per heavy atom. The number of rotatable bonds is 8. The van der Waals surface area contributed by atoms with Crippen LogP contribution >= 0.6 is 11.3 Å². The second-order valence-electron chi connectivity index (χ2n) is 10.2. The van der Waals surface area contributed by atoms with Gasteiger partial charge in [-0.15, -0.1) is 0 Å². The van der Waals surface area contributed by atoms with Gasteiger partial charge in [0.25, 0.3) is 11.2 Å². The van der Waals surface area contributed by atoms with Crippen LogP contribution in [0.15, 0.2) is 57.5 Å². The predicted molar refractivity (Wildman–Crippen MR) is 163 cm³/mol. The molecule has 0 bridgehead atoms. The first-order chi connectivity index (χ1) is 20.7. The van der Waals surface area contributed by atoms with Crippen LogP contribution in [0.2, 0.25) is 0 Å². The topological polar surface area (TPSA) is 129 Å². The van der Waals surface area contributed by atoms with Crippen LogP contribution in [-0.4, -0.2) is 74.4 Å². The van der Waals surface area contributed by atoms with E-state index in [1.807, 2.05) is 0 Å². The van der Waals surface area contributed by atoms with Gasteiger partial charge in [-0.1, -0.05) is 11.3 Å². The molecule has 226 valence electrons. The highest BCUT2D eigenvalue weighted by Crippen LogP contribution is 2.38. The minimum Gasteiger partial charge on any atom is -0.497 e. The van der Waals surface area contributed by atoms with Crippen molar-refractivity contribution < 1.29 is 23.9 Å². The number of anilines is 1. The van der Waals surface area contributed by atoms with Crippen molar-refractivity contribution >= 4 is 34.8 Å². The van der Waals surface area contributed by atoms with Crippen molar-refractivity contribution in [3.63, 3.8) is 0 Å². The lowest BCUT2D eigenvalue weighted by Gasteiger charge is -2.34. The van der Waals surface area contributed by atoms with Crippen LogP contribution in [0.1, 0.15) is 31.0 Å². The fraction of sp³-hybridized carbons (Fsp3) is 0.367. The number of nitro benzene ring substituents is 1. The molecule has 1 fully saturated rings. The third-order valence-electron chi connectivity index (χ3n) is 7.60. The molecule has 1 aromatic heterocycles. The van der Waals surface area contributed by atoms with Gasteiger partial charge in [0.2, 0.25) is 0 Å². The monoisotopic (exact) mass is 607 g/mol. The number of allylic oxidation sites excluding steroid dienone is 1. The van der Waals surface area contributed by atoms with E-state index in [1.165, 1.54) is 30.9 Å². The largest absolute Gasteiger partial charge is 0.497 e. The molecule has 1 atom stereocenters. The second kappa shape index (κ2) is 12.4. The number of hydrogen-bond acceptors (Lipinski definition) is 11. The lowest BCUT2D eigenvalue weighted by atomic mass is 9.94. The van der Waals surface area contributed by atoms with E-state index in [2.05, 4.69) is 21.8 Å². The van der Waals surface area contributed by atoms with Crippen molar-refractivity contribution in [1.29, 1.82) is 0 Å². The quantitative estimate of drug-likeness (QED) is 0.216. The van der Waals surface area contributed by atoms with Gasteiger partial charge in [0.1, 0.15) is 17.5 Å². The molecule has 12 nitrogen and oxygen atoms in total. The van der Waals surface area contributed by atoms with Crippen molar-refractivity contribution in [3.8, 4) is 11.5 Å². The third kappa shape index (κ3) is 5.77. The molecule has 0 N–H and O–H groups in total. The summed E-state index contributed by atoms with van der Waals surface area (Å²) < 4.78 is 18.3. The minimum atomic E-state index is -0.912. The number of hydrogen-bond donors (Lipinski definition) is 0. The Morgan fingerprint density at radius 2 is 1.88 bits per heavy atom. The summed E-state index contributed by atoms with van der Waals surface area (Å²) >= 11 is 1.15. The maximum Gasteiger partial charge on any atom is 0.338 e. The summed E-state index contributed by atoms with van der Waals surface area (Å²) in [7, 11) is 5.09. The van der Waals surface area contributed by atoms with Crippen molar-refractivity contribution in [3.05, 3.63) is 88.6 Å². The number of ether oxygens (including phenoxy) is 3. The molecule has 43 heavy (non-hydrogen) atoms. The number of carbonyl (C=O) groups excluding carboxylic acids is 1. The van der Waals surface area contributed by atoms with E-state index in [0.717, 1.165) is 43.2 Å². The number of benzene rings is 2. The Bertz CT molecular complexity index is 1790. The Labute approximate surface area is 251 Å². The van der Waals surface area contributed by atoms with Crippen molar-refractivity contribution in [2.45, 2.75) is 19.9 Å². The van der Waals surface area contributed by atoms with Gasteiger partial charge < -0.3 is 24.0 Å². The second-order valence-corrected chi connectivity index (χ2v) is 11.2. The average Bonchev–Trinajstić information content (AvgIpc) is 3.30. The number of fused-ring (bicyclic) bond motifs is 1. The molecular weight excluding hydrogens is 574 g/mol. The summed E-state index contributed by atoms with van der Waals surface area (Å²) in [5.41, 5.74) is 2.04. The zero-order valence-electron chi connectivity index (χ0n) is 24.7. The van der Waals surface area contributed by atoms with E-state index in [-0.39, 0.29) is 17.9 Å². The Hall–Kier alpha value is -4.49. The van der Waals surface area contributed by atoms with E-state index in [4.69, 9.17) is 14.2 Å². The van der Waals surface area contributed by atoms with E-state index < -0.39 is 22.5 Å². The smallest absolute Gasteiger partial charge is 0.338 e. The number of carbonyl (C=O) groups is 1. The number of likely N-dealkylation sites (N-methyl/N-ethyl adjacent to an activating group) is 1. The molecule has 2 aliphatic rings. The summed E-state index contributed by atoms with van der Waals surface area (Å²) in [5, 5.41) is 11.7. The van der Waals surface area contributed by atoms with E-state index >= 15 is 0 Å². The number of thiazole rings is 1. The number of nitro groups is 1.